The minimum absolute atomic E-state index is 0.314. The summed E-state index contributed by atoms with van der Waals surface area (Å²) in [5, 5.41) is 12.4. The Morgan fingerprint density at radius 3 is 3.13 bits per heavy atom. The molecule has 0 aliphatic carbocycles. The lowest BCUT2D eigenvalue weighted by Gasteiger charge is -2.18. The van der Waals surface area contributed by atoms with Gasteiger partial charge in [-0.15, -0.1) is 0 Å². The molecule has 0 saturated carbocycles. The number of nitrogens with one attached hydrogen (secondary N) is 1. The topological polar surface area (TPSA) is 104 Å². The molecule has 0 aromatic carbocycles. The molecular formula is C16H19N7. The fraction of sp³-hybridized carbons (Fsp3) is 0.375. The van der Waals surface area contributed by atoms with Gasteiger partial charge in [0.2, 0.25) is 5.95 Å². The molecule has 23 heavy (non-hydrogen) atoms. The van der Waals surface area contributed by atoms with Crippen molar-refractivity contribution in [1.29, 1.82) is 5.26 Å². The van der Waals surface area contributed by atoms with Crippen LogP contribution in [-0.2, 0) is 0 Å². The van der Waals surface area contributed by atoms with Crippen LogP contribution in [0.4, 0.5) is 17.6 Å². The SMILES string of the molecule is Cc1cc(N2CCC(CNc3ncccc3C#N)C2)nc(N)n1. The highest BCUT2D eigenvalue weighted by atomic mass is 15.2. The van der Waals surface area contributed by atoms with Crippen LogP contribution in [0.5, 0.6) is 0 Å². The first-order valence-electron chi connectivity index (χ1n) is 7.61. The van der Waals surface area contributed by atoms with Crippen molar-refractivity contribution in [1.82, 2.24) is 15.0 Å². The molecule has 3 rings (SSSR count). The van der Waals surface area contributed by atoms with Crippen molar-refractivity contribution >= 4 is 17.6 Å². The highest BCUT2D eigenvalue weighted by Gasteiger charge is 2.24. The van der Waals surface area contributed by atoms with E-state index in [1.54, 1.807) is 18.3 Å². The van der Waals surface area contributed by atoms with Crippen LogP contribution in [0.1, 0.15) is 17.7 Å². The minimum Gasteiger partial charge on any atom is -0.369 e. The summed E-state index contributed by atoms with van der Waals surface area (Å²) in [6.45, 7) is 4.54. The van der Waals surface area contributed by atoms with E-state index in [1.165, 1.54) is 0 Å². The lowest BCUT2D eigenvalue weighted by atomic mass is 10.1. The summed E-state index contributed by atoms with van der Waals surface area (Å²) in [4.78, 5) is 14.9. The smallest absolute Gasteiger partial charge is 0.222 e. The molecule has 1 unspecified atom stereocenters. The number of rotatable bonds is 4. The molecular weight excluding hydrogens is 290 g/mol. The number of anilines is 3. The average Bonchev–Trinajstić information content (AvgIpc) is 3.01. The fourth-order valence-corrected chi connectivity index (χ4v) is 2.82. The summed E-state index contributed by atoms with van der Waals surface area (Å²) in [7, 11) is 0. The second-order valence-corrected chi connectivity index (χ2v) is 5.72. The Hall–Kier alpha value is -2.88. The summed E-state index contributed by atoms with van der Waals surface area (Å²) >= 11 is 0. The van der Waals surface area contributed by atoms with Crippen molar-refractivity contribution in [3.8, 4) is 6.07 Å². The second-order valence-electron chi connectivity index (χ2n) is 5.72. The molecule has 0 bridgehead atoms. The molecule has 1 aliphatic rings. The summed E-state index contributed by atoms with van der Waals surface area (Å²) in [5.74, 6) is 2.32. The predicted molar refractivity (Wildman–Crippen MR) is 88.9 cm³/mol. The maximum Gasteiger partial charge on any atom is 0.222 e. The summed E-state index contributed by atoms with van der Waals surface area (Å²) in [6, 6.07) is 7.64. The van der Waals surface area contributed by atoms with E-state index in [0.717, 1.165) is 37.6 Å². The predicted octanol–water partition coefficient (Wildman–Crippen LogP) is 1.57. The Morgan fingerprint density at radius 2 is 2.35 bits per heavy atom. The van der Waals surface area contributed by atoms with Gasteiger partial charge in [0.05, 0.1) is 5.56 Å². The molecule has 2 aromatic heterocycles. The van der Waals surface area contributed by atoms with E-state index >= 15 is 0 Å². The third-order valence-corrected chi connectivity index (χ3v) is 3.95. The van der Waals surface area contributed by atoms with Crippen LogP contribution in [0, 0.1) is 24.2 Å². The van der Waals surface area contributed by atoms with Gasteiger partial charge >= 0.3 is 0 Å². The van der Waals surface area contributed by atoms with Crippen LogP contribution >= 0.6 is 0 Å². The Labute approximate surface area is 135 Å². The Kier molecular flexibility index (Phi) is 4.24. The minimum atomic E-state index is 0.314. The van der Waals surface area contributed by atoms with Gasteiger partial charge in [-0.25, -0.2) is 9.97 Å². The monoisotopic (exact) mass is 309 g/mol. The van der Waals surface area contributed by atoms with E-state index in [1.807, 2.05) is 13.0 Å². The average molecular weight is 309 g/mol. The zero-order valence-corrected chi connectivity index (χ0v) is 13.0. The maximum atomic E-state index is 9.09. The van der Waals surface area contributed by atoms with Gasteiger partial charge in [-0.3, -0.25) is 0 Å². The van der Waals surface area contributed by atoms with Gasteiger partial charge in [0.15, 0.2) is 0 Å². The number of pyridine rings is 1. The molecule has 0 radical (unpaired) electrons. The molecule has 2 aromatic rings. The van der Waals surface area contributed by atoms with Gasteiger partial charge in [-0.1, -0.05) is 0 Å². The van der Waals surface area contributed by atoms with Crippen molar-refractivity contribution in [3.05, 3.63) is 35.7 Å². The molecule has 1 atom stereocenters. The number of nitrogens with zero attached hydrogens (tertiary/aromatic N) is 5. The van der Waals surface area contributed by atoms with Crippen LogP contribution in [0.25, 0.3) is 0 Å². The van der Waals surface area contributed by atoms with Crippen LogP contribution in [-0.4, -0.2) is 34.6 Å². The summed E-state index contributed by atoms with van der Waals surface area (Å²) in [5.41, 5.74) is 7.18. The number of aromatic nitrogens is 3. The molecule has 0 amide bonds. The Bertz CT molecular complexity index is 717. The summed E-state index contributed by atoms with van der Waals surface area (Å²) < 4.78 is 0. The molecule has 0 spiro atoms. The lowest BCUT2D eigenvalue weighted by molar-refractivity contribution is 0.620. The number of hydrogen-bond donors (Lipinski definition) is 2. The van der Waals surface area contributed by atoms with E-state index < -0.39 is 0 Å². The van der Waals surface area contributed by atoms with Crippen molar-refractivity contribution in [2.24, 2.45) is 5.92 Å². The van der Waals surface area contributed by atoms with Gasteiger partial charge < -0.3 is 16.0 Å². The third-order valence-electron chi connectivity index (χ3n) is 3.95. The van der Waals surface area contributed by atoms with Crippen molar-refractivity contribution < 1.29 is 0 Å². The molecule has 1 saturated heterocycles. The van der Waals surface area contributed by atoms with Gasteiger partial charge in [-0.2, -0.15) is 10.2 Å². The second kappa shape index (κ2) is 6.48. The van der Waals surface area contributed by atoms with Gasteiger partial charge in [0.1, 0.15) is 17.7 Å². The van der Waals surface area contributed by atoms with Crippen molar-refractivity contribution in [2.45, 2.75) is 13.3 Å². The molecule has 3 N–H and O–H groups in total. The van der Waals surface area contributed by atoms with E-state index in [0.29, 0.717) is 23.2 Å². The van der Waals surface area contributed by atoms with Gasteiger partial charge in [-0.05, 0) is 31.4 Å². The quantitative estimate of drug-likeness (QED) is 0.883. The standard InChI is InChI=1S/C16H19N7/c1-11-7-14(22-16(18)21-11)23-6-4-12(10-23)9-20-15-13(8-17)3-2-5-19-15/h2-3,5,7,12H,4,6,9-10H2,1H3,(H,19,20)(H2,18,21,22). The fourth-order valence-electron chi connectivity index (χ4n) is 2.82. The highest BCUT2D eigenvalue weighted by Crippen LogP contribution is 2.23. The van der Waals surface area contributed by atoms with E-state index in [4.69, 9.17) is 11.0 Å². The first kappa shape index (κ1) is 15.0. The van der Waals surface area contributed by atoms with Crippen LogP contribution in [0.3, 0.4) is 0 Å². The third kappa shape index (κ3) is 3.48. The first-order valence-corrected chi connectivity index (χ1v) is 7.61. The molecule has 3 heterocycles. The number of nitrogens with two attached hydrogens (primary N) is 1. The number of aryl methyl sites for hydroxylation is 1. The van der Waals surface area contributed by atoms with Crippen LogP contribution in [0.2, 0.25) is 0 Å². The Balaban J connectivity index is 1.61. The molecule has 1 fully saturated rings. The number of nitrogen functional groups attached to an aromatic ring is 1. The summed E-state index contributed by atoms with van der Waals surface area (Å²) in [6.07, 6.45) is 2.75. The molecule has 7 heteroatoms. The van der Waals surface area contributed by atoms with Gasteiger partial charge in [0, 0.05) is 37.6 Å². The maximum absolute atomic E-state index is 9.09. The zero-order chi connectivity index (χ0) is 16.2. The highest BCUT2D eigenvalue weighted by molar-refractivity contribution is 5.51. The lowest BCUT2D eigenvalue weighted by Crippen LogP contribution is -2.24. The van der Waals surface area contributed by atoms with Crippen LogP contribution < -0.4 is 16.0 Å². The zero-order valence-electron chi connectivity index (χ0n) is 13.0. The van der Waals surface area contributed by atoms with E-state index in [-0.39, 0.29) is 0 Å². The van der Waals surface area contributed by atoms with Gasteiger partial charge in [0.25, 0.3) is 0 Å². The largest absolute Gasteiger partial charge is 0.369 e. The number of nitriles is 1. The molecule has 7 nitrogen and oxygen atoms in total. The number of hydrogen-bond acceptors (Lipinski definition) is 7. The van der Waals surface area contributed by atoms with Crippen molar-refractivity contribution in [2.75, 3.05) is 35.6 Å². The van der Waals surface area contributed by atoms with Crippen molar-refractivity contribution in [3.63, 3.8) is 0 Å². The van der Waals surface area contributed by atoms with E-state index in [9.17, 15) is 0 Å². The molecule has 118 valence electrons. The normalized spacial score (nSPS) is 17.0. The van der Waals surface area contributed by atoms with E-state index in [2.05, 4.69) is 31.2 Å². The van der Waals surface area contributed by atoms with Crippen LogP contribution in [0.15, 0.2) is 24.4 Å². The molecule has 1 aliphatic heterocycles. The Morgan fingerprint density at radius 1 is 1.48 bits per heavy atom. The first-order chi connectivity index (χ1) is 11.2.